The van der Waals surface area contributed by atoms with Crippen LogP contribution in [0.4, 0.5) is 13.2 Å². The third-order valence-electron chi connectivity index (χ3n) is 3.95. The normalized spacial score (nSPS) is 16.6. The van der Waals surface area contributed by atoms with Crippen molar-refractivity contribution < 1.29 is 17.7 Å². The van der Waals surface area contributed by atoms with Crippen LogP contribution >= 0.6 is 24.8 Å². The maximum absolute atomic E-state index is 12.8. The number of alkyl halides is 3. The van der Waals surface area contributed by atoms with Gasteiger partial charge in [-0.1, -0.05) is 17.3 Å². The molecule has 0 aliphatic carbocycles. The van der Waals surface area contributed by atoms with Gasteiger partial charge in [0, 0.05) is 31.7 Å². The van der Waals surface area contributed by atoms with Crippen molar-refractivity contribution in [3.63, 3.8) is 0 Å². The molecule has 0 amide bonds. The van der Waals surface area contributed by atoms with Crippen LogP contribution in [0, 0.1) is 0 Å². The minimum Gasteiger partial charge on any atom is -0.337 e. The molecule has 0 bridgehead atoms. The monoisotopic (exact) mass is 398 g/mol. The summed E-state index contributed by atoms with van der Waals surface area (Å²) in [6.45, 7) is 5.46. The molecule has 0 saturated carbocycles. The van der Waals surface area contributed by atoms with Crippen LogP contribution in [0.1, 0.15) is 24.4 Å². The van der Waals surface area contributed by atoms with Crippen molar-refractivity contribution in [1.82, 2.24) is 20.4 Å². The molecule has 25 heavy (non-hydrogen) atoms. The SMILES string of the molecule is CC(c1nc(-c2cccc(C(F)(F)F)c2)no1)N1CCNCC1.Cl.Cl. The molecule has 1 atom stereocenters. The maximum Gasteiger partial charge on any atom is 0.416 e. The first-order valence-corrected chi connectivity index (χ1v) is 7.41. The highest BCUT2D eigenvalue weighted by Crippen LogP contribution is 2.31. The lowest BCUT2D eigenvalue weighted by molar-refractivity contribution is -0.137. The molecule has 2 heterocycles. The molecular weight excluding hydrogens is 380 g/mol. The van der Waals surface area contributed by atoms with Gasteiger partial charge in [-0.25, -0.2) is 0 Å². The number of hydrogen-bond donors (Lipinski definition) is 1. The summed E-state index contributed by atoms with van der Waals surface area (Å²) in [4.78, 5) is 6.47. The van der Waals surface area contributed by atoms with E-state index in [4.69, 9.17) is 4.52 Å². The first kappa shape index (κ1) is 21.7. The average Bonchev–Trinajstić information content (AvgIpc) is 3.04. The van der Waals surface area contributed by atoms with E-state index in [9.17, 15) is 13.2 Å². The number of hydrogen-bond acceptors (Lipinski definition) is 5. The van der Waals surface area contributed by atoms with Crippen LogP contribution in [-0.2, 0) is 6.18 Å². The van der Waals surface area contributed by atoms with Crippen molar-refractivity contribution in [2.75, 3.05) is 26.2 Å². The lowest BCUT2D eigenvalue weighted by atomic mass is 10.1. The Kier molecular flexibility index (Phi) is 7.67. The summed E-state index contributed by atoms with van der Waals surface area (Å²) in [6, 6.07) is 4.87. The number of halogens is 5. The molecule has 5 nitrogen and oxygen atoms in total. The van der Waals surface area contributed by atoms with Crippen LogP contribution in [0.5, 0.6) is 0 Å². The van der Waals surface area contributed by atoms with Gasteiger partial charge >= 0.3 is 6.18 Å². The number of nitrogens with zero attached hydrogens (tertiary/aromatic N) is 3. The fraction of sp³-hybridized carbons (Fsp3) is 0.467. The van der Waals surface area contributed by atoms with Crippen molar-refractivity contribution in [2.24, 2.45) is 0 Å². The maximum atomic E-state index is 12.8. The third-order valence-corrected chi connectivity index (χ3v) is 3.95. The second-order valence-corrected chi connectivity index (χ2v) is 5.50. The standard InChI is InChI=1S/C15H17F3N4O.2ClH/c1-10(22-7-5-19-6-8-22)14-20-13(21-23-14)11-3-2-4-12(9-11)15(16,17)18;;/h2-4,9-10,19H,5-8H2,1H3;2*1H. The van der Waals surface area contributed by atoms with E-state index < -0.39 is 11.7 Å². The molecule has 10 heteroatoms. The van der Waals surface area contributed by atoms with Crippen LogP contribution in [0.3, 0.4) is 0 Å². The van der Waals surface area contributed by atoms with Gasteiger partial charge in [-0.15, -0.1) is 24.8 Å². The smallest absolute Gasteiger partial charge is 0.337 e. The summed E-state index contributed by atoms with van der Waals surface area (Å²) in [7, 11) is 0. The quantitative estimate of drug-likeness (QED) is 0.856. The van der Waals surface area contributed by atoms with Crippen LogP contribution < -0.4 is 5.32 Å². The van der Waals surface area contributed by atoms with Gasteiger partial charge in [0.1, 0.15) is 0 Å². The van der Waals surface area contributed by atoms with E-state index in [1.165, 1.54) is 6.07 Å². The number of piperazine rings is 1. The van der Waals surface area contributed by atoms with Crippen molar-refractivity contribution >= 4 is 24.8 Å². The van der Waals surface area contributed by atoms with E-state index >= 15 is 0 Å². The Balaban J connectivity index is 0.00000156. The van der Waals surface area contributed by atoms with Gasteiger partial charge in [0.25, 0.3) is 0 Å². The molecule has 0 spiro atoms. The molecule has 1 aliphatic rings. The molecule has 2 aromatic rings. The van der Waals surface area contributed by atoms with E-state index in [2.05, 4.69) is 20.4 Å². The fourth-order valence-corrected chi connectivity index (χ4v) is 2.58. The van der Waals surface area contributed by atoms with Crippen LogP contribution in [0.2, 0.25) is 0 Å². The predicted octanol–water partition coefficient (Wildman–Crippen LogP) is 3.57. The van der Waals surface area contributed by atoms with Crippen molar-refractivity contribution in [1.29, 1.82) is 0 Å². The summed E-state index contributed by atoms with van der Waals surface area (Å²) in [5, 5.41) is 7.09. The Hall–Kier alpha value is -1.35. The fourth-order valence-electron chi connectivity index (χ4n) is 2.58. The Morgan fingerprint density at radius 2 is 1.88 bits per heavy atom. The zero-order chi connectivity index (χ0) is 16.4. The minimum atomic E-state index is -4.39. The highest BCUT2D eigenvalue weighted by molar-refractivity contribution is 5.85. The third kappa shape index (κ3) is 5.07. The molecule has 1 aliphatic heterocycles. The highest BCUT2D eigenvalue weighted by Gasteiger charge is 2.31. The Bertz CT molecular complexity index is 675. The van der Waals surface area contributed by atoms with Gasteiger partial charge in [-0.3, -0.25) is 4.90 Å². The lowest BCUT2D eigenvalue weighted by Gasteiger charge is -2.30. The molecule has 1 aromatic carbocycles. The van der Waals surface area contributed by atoms with Crippen molar-refractivity contribution in [3.05, 3.63) is 35.7 Å². The first-order valence-electron chi connectivity index (χ1n) is 7.41. The van der Waals surface area contributed by atoms with Gasteiger partial charge in [-0.2, -0.15) is 18.2 Å². The van der Waals surface area contributed by atoms with E-state index in [0.717, 1.165) is 38.3 Å². The van der Waals surface area contributed by atoms with E-state index in [-0.39, 0.29) is 36.7 Å². The van der Waals surface area contributed by atoms with Gasteiger partial charge in [0.05, 0.1) is 11.6 Å². The number of benzene rings is 1. The minimum absolute atomic E-state index is 0. The molecule has 1 unspecified atom stereocenters. The van der Waals surface area contributed by atoms with Crippen LogP contribution in [0.25, 0.3) is 11.4 Å². The second kappa shape index (κ2) is 8.84. The molecule has 140 valence electrons. The van der Waals surface area contributed by atoms with E-state index in [1.807, 2.05) is 6.92 Å². The van der Waals surface area contributed by atoms with Crippen LogP contribution in [-0.4, -0.2) is 41.2 Å². The van der Waals surface area contributed by atoms with E-state index in [1.54, 1.807) is 6.07 Å². The Morgan fingerprint density at radius 3 is 2.52 bits per heavy atom. The summed E-state index contributed by atoms with van der Waals surface area (Å²) >= 11 is 0. The highest BCUT2D eigenvalue weighted by atomic mass is 35.5. The van der Waals surface area contributed by atoms with Crippen molar-refractivity contribution in [2.45, 2.75) is 19.1 Å². The summed E-state index contributed by atoms with van der Waals surface area (Å²) < 4.78 is 43.6. The average molecular weight is 399 g/mol. The summed E-state index contributed by atoms with van der Waals surface area (Å²) in [5.41, 5.74) is -0.432. The second-order valence-electron chi connectivity index (χ2n) is 5.50. The number of rotatable bonds is 3. The summed E-state index contributed by atoms with van der Waals surface area (Å²) in [6.07, 6.45) is -4.39. The molecule has 0 radical (unpaired) electrons. The van der Waals surface area contributed by atoms with E-state index in [0.29, 0.717) is 11.5 Å². The summed E-state index contributed by atoms with van der Waals surface area (Å²) in [5.74, 6) is 0.590. The Morgan fingerprint density at radius 1 is 1.20 bits per heavy atom. The number of nitrogens with one attached hydrogen (secondary N) is 1. The number of aromatic nitrogens is 2. The largest absolute Gasteiger partial charge is 0.416 e. The van der Waals surface area contributed by atoms with Gasteiger partial charge < -0.3 is 9.84 Å². The van der Waals surface area contributed by atoms with Crippen molar-refractivity contribution in [3.8, 4) is 11.4 Å². The van der Waals surface area contributed by atoms with Gasteiger partial charge in [0.2, 0.25) is 11.7 Å². The lowest BCUT2D eigenvalue weighted by Crippen LogP contribution is -2.44. The topological polar surface area (TPSA) is 54.2 Å². The Labute approximate surface area is 155 Å². The zero-order valence-electron chi connectivity index (χ0n) is 13.4. The zero-order valence-corrected chi connectivity index (χ0v) is 15.0. The molecule has 3 rings (SSSR count). The van der Waals surface area contributed by atoms with Gasteiger partial charge in [-0.05, 0) is 19.1 Å². The van der Waals surface area contributed by atoms with Crippen LogP contribution in [0.15, 0.2) is 28.8 Å². The van der Waals surface area contributed by atoms with Gasteiger partial charge in [0.15, 0.2) is 0 Å². The molecule has 1 N–H and O–H groups in total. The predicted molar refractivity (Wildman–Crippen MR) is 92.1 cm³/mol. The molecule has 1 fully saturated rings. The molecule has 1 saturated heterocycles. The first-order chi connectivity index (χ1) is 10.9. The molecular formula is C15H19Cl2F3N4O. The molecule has 1 aromatic heterocycles.